The van der Waals surface area contributed by atoms with Crippen LogP contribution >= 0.6 is 0 Å². The average Bonchev–Trinajstić information content (AvgIpc) is 3.25. The minimum absolute atomic E-state index is 0.0674. The lowest BCUT2D eigenvalue weighted by Gasteiger charge is -2.12. The van der Waals surface area contributed by atoms with Crippen LogP contribution in [0.5, 0.6) is 17.2 Å². The highest BCUT2D eigenvalue weighted by Gasteiger charge is 2.16. The summed E-state index contributed by atoms with van der Waals surface area (Å²) in [5.41, 5.74) is 1.83. The second-order valence-corrected chi connectivity index (χ2v) is 6.72. The van der Waals surface area contributed by atoms with Gasteiger partial charge < -0.3 is 24.3 Å². The fourth-order valence-electron chi connectivity index (χ4n) is 3.10. The molecule has 2 aromatic carbocycles. The minimum Gasteiger partial charge on any atom is -0.497 e. The summed E-state index contributed by atoms with van der Waals surface area (Å²) in [6, 6.07) is 13.2. The van der Waals surface area contributed by atoms with Crippen LogP contribution in [-0.2, 0) is 22.5 Å². The number of hydrogen-bond donors (Lipinski definition) is 1. The molecule has 0 bridgehead atoms. The van der Waals surface area contributed by atoms with E-state index in [2.05, 4.69) is 5.32 Å². The summed E-state index contributed by atoms with van der Waals surface area (Å²) in [5.74, 6) is 2.08. The van der Waals surface area contributed by atoms with Crippen molar-refractivity contribution in [3.8, 4) is 17.2 Å². The van der Waals surface area contributed by atoms with Gasteiger partial charge in [-0.3, -0.25) is 4.79 Å². The van der Waals surface area contributed by atoms with Crippen LogP contribution < -0.4 is 19.5 Å². The molecule has 28 heavy (non-hydrogen) atoms. The van der Waals surface area contributed by atoms with Crippen LogP contribution in [0.3, 0.4) is 0 Å². The number of amides is 1. The first kappa shape index (κ1) is 20.0. The molecule has 0 aliphatic carbocycles. The fraction of sp³-hybridized carbons (Fsp3) is 0.409. The largest absolute Gasteiger partial charge is 0.497 e. The minimum atomic E-state index is -0.0674. The van der Waals surface area contributed by atoms with Gasteiger partial charge in [-0.1, -0.05) is 18.2 Å². The number of nitrogens with one attached hydrogen (secondary N) is 1. The van der Waals surface area contributed by atoms with Crippen molar-refractivity contribution in [1.82, 2.24) is 5.32 Å². The van der Waals surface area contributed by atoms with E-state index in [4.69, 9.17) is 18.9 Å². The van der Waals surface area contributed by atoms with E-state index in [1.165, 1.54) is 0 Å². The van der Waals surface area contributed by atoms with Crippen molar-refractivity contribution in [2.24, 2.45) is 0 Å². The zero-order chi connectivity index (χ0) is 19.8. The summed E-state index contributed by atoms with van der Waals surface area (Å²) in [6.07, 6.45) is 2.61. The van der Waals surface area contributed by atoms with Crippen LogP contribution in [0, 0.1) is 0 Å². The topological polar surface area (TPSA) is 66.0 Å². The summed E-state index contributed by atoms with van der Waals surface area (Å²) in [4.78, 5) is 12.3. The quantitative estimate of drug-likeness (QED) is 0.718. The van der Waals surface area contributed by atoms with E-state index in [1.54, 1.807) is 20.3 Å². The van der Waals surface area contributed by atoms with Gasteiger partial charge in [0.05, 0.1) is 26.7 Å². The third-order valence-electron chi connectivity index (χ3n) is 4.72. The second kappa shape index (κ2) is 9.99. The Morgan fingerprint density at radius 1 is 1.11 bits per heavy atom. The molecule has 0 radical (unpaired) electrons. The molecular formula is C22H27NO5. The zero-order valence-corrected chi connectivity index (χ0v) is 16.4. The Kier molecular flexibility index (Phi) is 7.14. The van der Waals surface area contributed by atoms with E-state index in [1.807, 2.05) is 36.4 Å². The number of ether oxygens (including phenoxy) is 4. The monoisotopic (exact) mass is 385 g/mol. The first-order chi connectivity index (χ1) is 13.7. The lowest BCUT2D eigenvalue weighted by molar-refractivity contribution is -0.120. The van der Waals surface area contributed by atoms with Crippen molar-refractivity contribution < 1.29 is 23.7 Å². The lowest BCUT2D eigenvalue weighted by Crippen LogP contribution is -2.24. The predicted molar refractivity (Wildman–Crippen MR) is 106 cm³/mol. The third-order valence-corrected chi connectivity index (χ3v) is 4.72. The molecule has 1 amide bonds. The molecule has 0 saturated carbocycles. The van der Waals surface area contributed by atoms with Gasteiger partial charge in [-0.2, -0.15) is 0 Å². The van der Waals surface area contributed by atoms with Gasteiger partial charge >= 0.3 is 0 Å². The molecule has 0 aromatic heterocycles. The van der Waals surface area contributed by atoms with Gasteiger partial charge in [0.2, 0.25) is 5.91 Å². The van der Waals surface area contributed by atoms with E-state index >= 15 is 0 Å². The van der Waals surface area contributed by atoms with Crippen LogP contribution in [0.15, 0.2) is 42.5 Å². The Balaban J connectivity index is 1.46. The van der Waals surface area contributed by atoms with Crippen molar-refractivity contribution in [3.63, 3.8) is 0 Å². The van der Waals surface area contributed by atoms with Crippen molar-refractivity contribution in [2.45, 2.75) is 31.9 Å². The standard InChI is InChI=1S/C22H27NO5/c1-25-19-10-7-17(21(13-19)26-2)12-22(24)23-14-16-5-8-18(9-6-16)28-15-20-4-3-11-27-20/h5-10,13,20H,3-4,11-12,14-15H2,1-2H3,(H,23,24). The highest BCUT2D eigenvalue weighted by Crippen LogP contribution is 2.25. The third kappa shape index (κ3) is 5.63. The van der Waals surface area contributed by atoms with Gasteiger partial charge in [0.15, 0.2) is 0 Å². The Morgan fingerprint density at radius 3 is 2.57 bits per heavy atom. The highest BCUT2D eigenvalue weighted by molar-refractivity contribution is 5.79. The van der Waals surface area contributed by atoms with E-state index in [-0.39, 0.29) is 18.4 Å². The van der Waals surface area contributed by atoms with Crippen LogP contribution in [0.25, 0.3) is 0 Å². The summed E-state index contributed by atoms with van der Waals surface area (Å²) in [5, 5.41) is 2.94. The van der Waals surface area contributed by atoms with Gasteiger partial charge in [0, 0.05) is 24.8 Å². The van der Waals surface area contributed by atoms with E-state index in [0.717, 1.165) is 36.3 Å². The Hall–Kier alpha value is -2.73. The normalized spacial score (nSPS) is 15.9. The number of rotatable bonds is 9. The summed E-state index contributed by atoms with van der Waals surface area (Å²) < 4.78 is 21.8. The van der Waals surface area contributed by atoms with Gasteiger partial charge in [-0.05, 0) is 36.6 Å². The average molecular weight is 385 g/mol. The van der Waals surface area contributed by atoms with Gasteiger partial charge in [-0.25, -0.2) is 0 Å². The highest BCUT2D eigenvalue weighted by atomic mass is 16.5. The Bertz CT molecular complexity index is 769. The number of benzene rings is 2. The molecule has 1 N–H and O–H groups in total. The van der Waals surface area contributed by atoms with E-state index in [9.17, 15) is 4.79 Å². The molecule has 1 heterocycles. The van der Waals surface area contributed by atoms with Crippen molar-refractivity contribution in [2.75, 3.05) is 27.4 Å². The van der Waals surface area contributed by atoms with Gasteiger partial charge in [0.1, 0.15) is 23.9 Å². The molecule has 1 aliphatic rings. The Labute approximate surface area is 165 Å². The second-order valence-electron chi connectivity index (χ2n) is 6.72. The molecule has 1 unspecified atom stereocenters. The van der Waals surface area contributed by atoms with Crippen LogP contribution in [0.4, 0.5) is 0 Å². The number of carbonyl (C=O) groups is 1. The molecule has 6 nitrogen and oxygen atoms in total. The van der Waals surface area contributed by atoms with E-state index < -0.39 is 0 Å². The molecule has 1 aliphatic heterocycles. The van der Waals surface area contributed by atoms with Gasteiger partial charge in [-0.15, -0.1) is 0 Å². The molecule has 3 rings (SSSR count). The number of methoxy groups -OCH3 is 2. The maximum Gasteiger partial charge on any atom is 0.224 e. The smallest absolute Gasteiger partial charge is 0.224 e. The molecule has 1 saturated heterocycles. The van der Waals surface area contributed by atoms with Crippen LogP contribution in [0.1, 0.15) is 24.0 Å². The van der Waals surface area contributed by atoms with Crippen LogP contribution in [-0.4, -0.2) is 39.4 Å². The molecule has 1 atom stereocenters. The maximum atomic E-state index is 12.3. The maximum absolute atomic E-state index is 12.3. The SMILES string of the molecule is COc1ccc(CC(=O)NCc2ccc(OCC3CCCO3)cc2)c(OC)c1. The molecule has 6 heteroatoms. The lowest BCUT2D eigenvalue weighted by atomic mass is 10.1. The van der Waals surface area contributed by atoms with Crippen molar-refractivity contribution in [3.05, 3.63) is 53.6 Å². The van der Waals surface area contributed by atoms with E-state index in [0.29, 0.717) is 24.7 Å². The molecule has 0 spiro atoms. The first-order valence-electron chi connectivity index (χ1n) is 9.49. The fourth-order valence-corrected chi connectivity index (χ4v) is 3.10. The van der Waals surface area contributed by atoms with Gasteiger partial charge in [0.25, 0.3) is 0 Å². The summed E-state index contributed by atoms with van der Waals surface area (Å²) in [6.45, 7) is 1.87. The number of hydrogen-bond acceptors (Lipinski definition) is 5. The van der Waals surface area contributed by atoms with Crippen LogP contribution in [0.2, 0.25) is 0 Å². The van der Waals surface area contributed by atoms with Crippen molar-refractivity contribution >= 4 is 5.91 Å². The summed E-state index contributed by atoms with van der Waals surface area (Å²) >= 11 is 0. The van der Waals surface area contributed by atoms with Crippen molar-refractivity contribution in [1.29, 1.82) is 0 Å². The number of carbonyl (C=O) groups excluding carboxylic acids is 1. The molecule has 1 fully saturated rings. The first-order valence-corrected chi connectivity index (χ1v) is 9.49. The molecule has 150 valence electrons. The predicted octanol–water partition coefficient (Wildman–Crippen LogP) is 3.12. The Morgan fingerprint density at radius 2 is 1.89 bits per heavy atom. The molecular weight excluding hydrogens is 358 g/mol. The zero-order valence-electron chi connectivity index (χ0n) is 16.4. The summed E-state index contributed by atoms with van der Waals surface area (Å²) in [7, 11) is 3.18. The molecule has 2 aromatic rings.